The van der Waals surface area contributed by atoms with Gasteiger partial charge in [0.15, 0.2) is 5.13 Å². The number of hydrogen-bond acceptors (Lipinski definition) is 5. The third-order valence-corrected chi connectivity index (χ3v) is 7.42. The zero-order chi connectivity index (χ0) is 21.2. The number of rotatable bonds is 5. The van der Waals surface area contributed by atoms with Gasteiger partial charge in [-0.1, -0.05) is 83.6 Å². The number of anilines is 1. The second kappa shape index (κ2) is 8.87. The van der Waals surface area contributed by atoms with Crippen LogP contribution in [-0.2, 0) is 0 Å². The molecule has 0 N–H and O–H groups in total. The van der Waals surface area contributed by atoms with Gasteiger partial charge in [0.2, 0.25) is 0 Å². The zero-order valence-electron chi connectivity index (χ0n) is 17.4. The van der Waals surface area contributed by atoms with Gasteiger partial charge >= 0.3 is 0 Å². The van der Waals surface area contributed by atoms with Gasteiger partial charge < -0.3 is 9.64 Å². The molecule has 31 heavy (non-hydrogen) atoms. The van der Waals surface area contributed by atoms with Gasteiger partial charge in [0.05, 0.1) is 22.9 Å². The fraction of sp³-hybridized carbons (Fsp3) is 0.240. The molecule has 1 aliphatic heterocycles. The largest absolute Gasteiger partial charge is 0.494 e. The van der Waals surface area contributed by atoms with Gasteiger partial charge in [0.1, 0.15) is 11.3 Å². The lowest BCUT2D eigenvalue weighted by atomic mass is 9.96. The molecule has 0 unspecified atom stereocenters. The molecule has 2 heterocycles. The molecule has 1 fully saturated rings. The Morgan fingerprint density at radius 3 is 2.06 bits per heavy atom. The number of methoxy groups -OCH3 is 1. The van der Waals surface area contributed by atoms with Crippen LogP contribution in [0.4, 0.5) is 5.13 Å². The molecular formula is C25H24ClN3OS. The summed E-state index contributed by atoms with van der Waals surface area (Å²) in [7, 11) is 1.67. The Bertz CT molecular complexity index is 1120. The summed E-state index contributed by atoms with van der Waals surface area (Å²) in [5, 5.41) is 1.74. The van der Waals surface area contributed by atoms with E-state index in [2.05, 4.69) is 70.5 Å². The minimum absolute atomic E-state index is 0.259. The summed E-state index contributed by atoms with van der Waals surface area (Å²) >= 11 is 8.07. The molecule has 6 heteroatoms. The highest BCUT2D eigenvalue weighted by Gasteiger charge is 2.28. The van der Waals surface area contributed by atoms with Crippen LogP contribution >= 0.6 is 22.9 Å². The van der Waals surface area contributed by atoms with Gasteiger partial charge in [0, 0.05) is 26.2 Å². The van der Waals surface area contributed by atoms with Crippen LogP contribution in [0.25, 0.3) is 10.2 Å². The van der Waals surface area contributed by atoms with E-state index >= 15 is 0 Å². The molecule has 0 aliphatic carbocycles. The molecular weight excluding hydrogens is 426 g/mol. The second-order valence-electron chi connectivity index (χ2n) is 7.67. The number of hydrogen-bond donors (Lipinski definition) is 0. The number of benzene rings is 3. The van der Waals surface area contributed by atoms with Crippen LogP contribution in [0, 0.1) is 0 Å². The minimum Gasteiger partial charge on any atom is -0.494 e. The summed E-state index contributed by atoms with van der Waals surface area (Å²) in [6, 6.07) is 25.6. The molecule has 3 aromatic carbocycles. The fourth-order valence-corrected chi connectivity index (χ4v) is 5.61. The summed E-state index contributed by atoms with van der Waals surface area (Å²) < 4.78 is 6.48. The minimum atomic E-state index is 0.259. The van der Waals surface area contributed by atoms with E-state index in [0.29, 0.717) is 0 Å². The maximum atomic E-state index is 6.43. The maximum absolute atomic E-state index is 6.43. The standard InChI is InChI=1S/C25H24ClN3OS/c1-30-21-13-12-20(26)24-22(21)27-25(31-24)29-16-14-28(15-17-29)23(18-8-4-2-5-9-18)19-10-6-3-7-11-19/h2-13,23H,14-17H2,1H3. The number of fused-ring (bicyclic) bond motifs is 1. The lowest BCUT2D eigenvalue weighted by molar-refractivity contribution is 0.212. The number of aromatic nitrogens is 1. The molecule has 0 atom stereocenters. The van der Waals surface area contributed by atoms with Crippen LogP contribution in [0.1, 0.15) is 17.2 Å². The molecule has 0 amide bonds. The molecule has 0 spiro atoms. The monoisotopic (exact) mass is 449 g/mol. The van der Waals surface area contributed by atoms with Crippen LogP contribution in [0.2, 0.25) is 5.02 Å². The van der Waals surface area contributed by atoms with E-state index in [4.69, 9.17) is 21.3 Å². The van der Waals surface area contributed by atoms with Crippen LogP contribution in [0.3, 0.4) is 0 Å². The second-order valence-corrected chi connectivity index (χ2v) is 9.06. The van der Waals surface area contributed by atoms with Crippen molar-refractivity contribution in [3.05, 3.63) is 88.9 Å². The highest BCUT2D eigenvalue weighted by Crippen LogP contribution is 2.39. The van der Waals surface area contributed by atoms with Crippen molar-refractivity contribution in [1.82, 2.24) is 9.88 Å². The van der Waals surface area contributed by atoms with Crippen molar-refractivity contribution >= 4 is 38.3 Å². The molecule has 4 nitrogen and oxygen atoms in total. The molecule has 0 bridgehead atoms. The fourth-order valence-electron chi connectivity index (χ4n) is 4.30. The molecule has 0 radical (unpaired) electrons. The van der Waals surface area contributed by atoms with Gasteiger partial charge in [-0.25, -0.2) is 4.98 Å². The van der Waals surface area contributed by atoms with Crippen molar-refractivity contribution in [3.63, 3.8) is 0 Å². The van der Waals surface area contributed by atoms with Gasteiger partial charge in [-0.15, -0.1) is 0 Å². The van der Waals surface area contributed by atoms with E-state index < -0.39 is 0 Å². The first-order valence-electron chi connectivity index (χ1n) is 10.5. The number of nitrogens with zero attached hydrogens (tertiary/aromatic N) is 3. The third kappa shape index (κ3) is 4.01. The number of ether oxygens (including phenoxy) is 1. The third-order valence-electron chi connectivity index (χ3n) is 5.85. The number of halogens is 1. The Kier molecular flexibility index (Phi) is 5.81. The molecule has 1 saturated heterocycles. The first-order chi connectivity index (χ1) is 15.2. The zero-order valence-corrected chi connectivity index (χ0v) is 18.9. The maximum Gasteiger partial charge on any atom is 0.186 e. The van der Waals surface area contributed by atoms with Crippen molar-refractivity contribution in [3.8, 4) is 5.75 Å². The van der Waals surface area contributed by atoms with Crippen molar-refractivity contribution < 1.29 is 4.74 Å². The Hall–Kier alpha value is -2.60. The Balaban J connectivity index is 1.39. The van der Waals surface area contributed by atoms with E-state index in [0.717, 1.165) is 52.3 Å². The summed E-state index contributed by atoms with van der Waals surface area (Å²) in [6.07, 6.45) is 0. The quantitative estimate of drug-likeness (QED) is 0.381. The van der Waals surface area contributed by atoms with Crippen LogP contribution in [0.15, 0.2) is 72.8 Å². The Labute approximate surface area is 191 Å². The predicted octanol–water partition coefficient (Wildman–Crippen LogP) is 5.87. The Morgan fingerprint density at radius 1 is 0.871 bits per heavy atom. The molecule has 4 aromatic rings. The summed E-state index contributed by atoms with van der Waals surface area (Å²) in [4.78, 5) is 9.81. The van der Waals surface area contributed by atoms with Crippen molar-refractivity contribution in [2.75, 3.05) is 38.2 Å². The Morgan fingerprint density at radius 2 is 1.48 bits per heavy atom. The first kappa shape index (κ1) is 20.3. The van der Waals surface area contributed by atoms with E-state index in [-0.39, 0.29) is 6.04 Å². The molecule has 1 aromatic heterocycles. The molecule has 1 aliphatic rings. The lowest BCUT2D eigenvalue weighted by Gasteiger charge is -2.39. The number of thiazole rings is 1. The predicted molar refractivity (Wildman–Crippen MR) is 130 cm³/mol. The SMILES string of the molecule is COc1ccc(Cl)c2sc(N3CCN(C(c4ccccc4)c4ccccc4)CC3)nc12. The summed E-state index contributed by atoms with van der Waals surface area (Å²) in [5.41, 5.74) is 3.51. The smallest absolute Gasteiger partial charge is 0.186 e. The highest BCUT2D eigenvalue weighted by molar-refractivity contribution is 7.22. The topological polar surface area (TPSA) is 28.6 Å². The van der Waals surface area contributed by atoms with Gasteiger partial charge in [-0.05, 0) is 23.3 Å². The lowest BCUT2D eigenvalue weighted by Crippen LogP contribution is -2.47. The van der Waals surface area contributed by atoms with E-state index in [1.807, 2.05) is 12.1 Å². The molecule has 5 rings (SSSR count). The van der Waals surface area contributed by atoms with Crippen LogP contribution in [-0.4, -0.2) is 43.2 Å². The summed E-state index contributed by atoms with van der Waals surface area (Å²) in [5.74, 6) is 0.772. The number of piperazine rings is 1. The van der Waals surface area contributed by atoms with Crippen molar-refractivity contribution in [2.24, 2.45) is 0 Å². The normalized spacial score (nSPS) is 15.0. The van der Waals surface area contributed by atoms with Crippen molar-refractivity contribution in [2.45, 2.75) is 6.04 Å². The van der Waals surface area contributed by atoms with E-state index in [1.54, 1.807) is 18.4 Å². The van der Waals surface area contributed by atoms with E-state index in [9.17, 15) is 0 Å². The molecule has 0 saturated carbocycles. The van der Waals surface area contributed by atoms with Gasteiger partial charge in [-0.2, -0.15) is 0 Å². The molecule has 158 valence electrons. The van der Waals surface area contributed by atoms with Crippen LogP contribution < -0.4 is 9.64 Å². The van der Waals surface area contributed by atoms with E-state index in [1.165, 1.54) is 11.1 Å². The van der Waals surface area contributed by atoms with Gasteiger partial charge in [0.25, 0.3) is 0 Å². The first-order valence-corrected chi connectivity index (χ1v) is 11.7. The average molecular weight is 450 g/mol. The van der Waals surface area contributed by atoms with Crippen molar-refractivity contribution in [1.29, 1.82) is 0 Å². The summed E-state index contributed by atoms with van der Waals surface area (Å²) in [6.45, 7) is 3.79. The van der Waals surface area contributed by atoms with Gasteiger partial charge in [-0.3, -0.25) is 4.90 Å². The average Bonchev–Trinajstić information content (AvgIpc) is 3.28. The van der Waals surface area contributed by atoms with Crippen LogP contribution in [0.5, 0.6) is 5.75 Å². The highest BCUT2D eigenvalue weighted by atomic mass is 35.5.